The molecule has 0 radical (unpaired) electrons. The quantitative estimate of drug-likeness (QED) is 0.610. The predicted octanol–water partition coefficient (Wildman–Crippen LogP) is 0.843. The summed E-state index contributed by atoms with van der Waals surface area (Å²) < 4.78 is 53.2. The van der Waals surface area contributed by atoms with Crippen LogP contribution in [0.25, 0.3) is 0 Å². The Morgan fingerprint density at radius 1 is 1.03 bits per heavy atom. The molecule has 0 saturated carbocycles. The average molecular weight is 469 g/mol. The second-order valence-electron chi connectivity index (χ2n) is 7.88. The van der Waals surface area contributed by atoms with Gasteiger partial charge in [0.1, 0.15) is 0 Å². The van der Waals surface area contributed by atoms with Crippen molar-refractivity contribution in [3.63, 3.8) is 0 Å². The van der Waals surface area contributed by atoms with Crippen LogP contribution in [-0.2, 0) is 24.8 Å². The van der Waals surface area contributed by atoms with Crippen molar-refractivity contribution in [1.82, 2.24) is 13.5 Å². The number of amides is 1. The van der Waals surface area contributed by atoms with Crippen LogP contribution in [0, 0.1) is 17.2 Å². The van der Waals surface area contributed by atoms with Crippen LogP contribution in [0.1, 0.15) is 31.7 Å². The summed E-state index contributed by atoms with van der Waals surface area (Å²) >= 11 is 0. The number of piperidine rings is 1. The molecule has 0 N–H and O–H groups in total. The van der Waals surface area contributed by atoms with E-state index in [1.54, 1.807) is 4.90 Å². The van der Waals surface area contributed by atoms with Gasteiger partial charge in [-0.3, -0.25) is 4.79 Å². The van der Waals surface area contributed by atoms with Crippen LogP contribution in [-0.4, -0.2) is 81.3 Å². The fourth-order valence-corrected chi connectivity index (χ4v) is 7.05. The summed E-state index contributed by atoms with van der Waals surface area (Å²) in [5.41, 5.74) is 0.386. The third kappa shape index (κ3) is 5.26. The normalized spacial score (nSPS) is 21.5. The van der Waals surface area contributed by atoms with Crippen molar-refractivity contribution in [3.8, 4) is 6.07 Å². The first kappa shape index (κ1) is 23.7. The van der Waals surface area contributed by atoms with E-state index in [0.717, 1.165) is 0 Å². The molecule has 1 atom stereocenters. The van der Waals surface area contributed by atoms with Crippen LogP contribution in [0.5, 0.6) is 0 Å². The lowest BCUT2D eigenvalue weighted by Gasteiger charge is -2.38. The Morgan fingerprint density at radius 3 is 2.26 bits per heavy atom. The van der Waals surface area contributed by atoms with Gasteiger partial charge in [0.25, 0.3) is 0 Å². The molecule has 11 heteroatoms. The largest absolute Gasteiger partial charge is 0.340 e. The van der Waals surface area contributed by atoms with Crippen LogP contribution in [0.15, 0.2) is 29.2 Å². The van der Waals surface area contributed by atoms with E-state index in [2.05, 4.69) is 0 Å². The Bertz CT molecular complexity index is 1040. The van der Waals surface area contributed by atoms with Crippen molar-refractivity contribution >= 4 is 26.0 Å². The highest BCUT2D eigenvalue weighted by molar-refractivity contribution is 7.89. The summed E-state index contributed by atoms with van der Waals surface area (Å²) in [7, 11) is -7.04. The second kappa shape index (κ2) is 9.65. The first-order valence-electron chi connectivity index (χ1n) is 10.5. The van der Waals surface area contributed by atoms with Gasteiger partial charge in [-0.25, -0.2) is 21.1 Å². The first-order valence-corrected chi connectivity index (χ1v) is 13.5. The summed E-state index contributed by atoms with van der Waals surface area (Å²) in [5, 5.41) is 8.87. The molecule has 2 heterocycles. The minimum atomic E-state index is -3.70. The lowest BCUT2D eigenvalue weighted by Crippen LogP contribution is -2.54. The number of hydrogen-bond acceptors (Lipinski definition) is 6. The molecule has 2 aliphatic heterocycles. The molecule has 170 valence electrons. The Hall–Kier alpha value is -2.00. The minimum Gasteiger partial charge on any atom is -0.340 e. The van der Waals surface area contributed by atoms with Crippen molar-refractivity contribution < 1.29 is 21.6 Å². The topological polar surface area (TPSA) is 119 Å². The monoisotopic (exact) mass is 468 g/mol. The smallest absolute Gasteiger partial charge is 0.243 e. The van der Waals surface area contributed by atoms with E-state index in [4.69, 9.17) is 5.26 Å². The number of nitriles is 1. The lowest BCUT2D eigenvalue weighted by atomic mass is 9.98. The van der Waals surface area contributed by atoms with Crippen LogP contribution >= 0.6 is 0 Å². The number of nitrogens with zero attached hydrogens (tertiary/aromatic N) is 4. The molecule has 31 heavy (non-hydrogen) atoms. The van der Waals surface area contributed by atoms with E-state index in [-0.39, 0.29) is 55.2 Å². The molecular weight excluding hydrogens is 440 g/mol. The van der Waals surface area contributed by atoms with Crippen LogP contribution in [0.2, 0.25) is 0 Å². The van der Waals surface area contributed by atoms with Gasteiger partial charge in [0, 0.05) is 39.3 Å². The molecule has 0 spiro atoms. The maximum absolute atomic E-state index is 13.0. The van der Waals surface area contributed by atoms with Crippen molar-refractivity contribution in [2.45, 2.75) is 31.1 Å². The summed E-state index contributed by atoms with van der Waals surface area (Å²) in [6, 6.07) is 7.72. The molecule has 0 aromatic heterocycles. The zero-order chi connectivity index (χ0) is 22.6. The first-order chi connectivity index (χ1) is 14.7. The van der Waals surface area contributed by atoms with Gasteiger partial charge < -0.3 is 4.90 Å². The third-order valence-corrected chi connectivity index (χ3v) is 9.72. The predicted molar refractivity (Wildman–Crippen MR) is 115 cm³/mol. The van der Waals surface area contributed by atoms with Crippen molar-refractivity contribution in [2.24, 2.45) is 5.92 Å². The molecule has 9 nitrogen and oxygen atoms in total. The molecule has 2 saturated heterocycles. The molecule has 0 unspecified atom stereocenters. The summed E-state index contributed by atoms with van der Waals surface area (Å²) in [6.45, 7) is 3.36. The van der Waals surface area contributed by atoms with Gasteiger partial charge in [0.2, 0.25) is 26.0 Å². The SMILES string of the molecule is CCCS(=O)(=O)N1CCC[C@@H](C(=O)N2CCN(S(=O)(=O)c3ccc(C#N)cc3)CC2)C1. The Balaban J connectivity index is 1.61. The van der Waals surface area contributed by atoms with E-state index in [0.29, 0.717) is 31.4 Å². The van der Waals surface area contributed by atoms with Crippen LogP contribution in [0.4, 0.5) is 0 Å². The van der Waals surface area contributed by atoms with Gasteiger partial charge in [-0.15, -0.1) is 0 Å². The number of carbonyl (C=O) groups is 1. The summed E-state index contributed by atoms with van der Waals surface area (Å²) in [4.78, 5) is 14.8. The average Bonchev–Trinajstić information content (AvgIpc) is 2.79. The number of hydrogen-bond donors (Lipinski definition) is 0. The molecule has 1 aromatic rings. The maximum Gasteiger partial charge on any atom is 0.243 e. The standard InChI is InChI=1S/C20H28N4O5S2/c1-2-14-30(26,27)24-9-3-4-18(16-24)20(25)22-10-12-23(13-11-22)31(28,29)19-7-5-17(15-21)6-8-19/h5-8,18H,2-4,9-14,16H2,1H3/t18-/m1/s1. The fraction of sp³-hybridized carbons (Fsp3) is 0.600. The Kier molecular flexibility index (Phi) is 7.36. The minimum absolute atomic E-state index is 0.0831. The molecule has 3 rings (SSSR count). The van der Waals surface area contributed by atoms with E-state index in [1.165, 1.54) is 32.9 Å². The number of benzene rings is 1. The number of sulfonamides is 2. The van der Waals surface area contributed by atoms with Gasteiger partial charge >= 0.3 is 0 Å². The highest BCUT2D eigenvalue weighted by Crippen LogP contribution is 2.24. The lowest BCUT2D eigenvalue weighted by molar-refractivity contribution is -0.137. The molecule has 0 bridgehead atoms. The maximum atomic E-state index is 13.0. The zero-order valence-electron chi connectivity index (χ0n) is 17.6. The number of rotatable bonds is 6. The fourth-order valence-electron chi connectivity index (χ4n) is 4.04. The Labute approximate surface area is 184 Å². The van der Waals surface area contributed by atoms with E-state index in [9.17, 15) is 21.6 Å². The molecular formula is C20H28N4O5S2. The number of carbonyl (C=O) groups excluding carboxylic acids is 1. The van der Waals surface area contributed by atoms with Gasteiger partial charge in [0.15, 0.2) is 0 Å². The van der Waals surface area contributed by atoms with Gasteiger partial charge in [-0.1, -0.05) is 6.92 Å². The van der Waals surface area contributed by atoms with Crippen LogP contribution < -0.4 is 0 Å². The molecule has 0 aliphatic carbocycles. The number of piperazine rings is 1. The van der Waals surface area contributed by atoms with E-state index >= 15 is 0 Å². The molecule has 2 fully saturated rings. The molecule has 1 aromatic carbocycles. The Morgan fingerprint density at radius 2 is 1.68 bits per heavy atom. The summed E-state index contributed by atoms with van der Waals surface area (Å²) in [6.07, 6.45) is 1.82. The van der Waals surface area contributed by atoms with Gasteiger partial charge in [-0.2, -0.15) is 9.57 Å². The second-order valence-corrected chi connectivity index (χ2v) is 11.9. The van der Waals surface area contributed by atoms with Crippen molar-refractivity contribution in [1.29, 1.82) is 5.26 Å². The van der Waals surface area contributed by atoms with Gasteiger partial charge in [-0.05, 0) is 43.5 Å². The highest BCUT2D eigenvalue weighted by atomic mass is 32.2. The highest BCUT2D eigenvalue weighted by Gasteiger charge is 2.36. The molecule has 2 aliphatic rings. The van der Waals surface area contributed by atoms with Crippen molar-refractivity contribution in [2.75, 3.05) is 45.0 Å². The molecule has 1 amide bonds. The van der Waals surface area contributed by atoms with Crippen molar-refractivity contribution in [3.05, 3.63) is 29.8 Å². The summed E-state index contributed by atoms with van der Waals surface area (Å²) in [5.74, 6) is -0.409. The van der Waals surface area contributed by atoms with E-state index < -0.39 is 20.0 Å². The van der Waals surface area contributed by atoms with Crippen LogP contribution in [0.3, 0.4) is 0 Å². The third-order valence-electron chi connectivity index (χ3n) is 5.76. The zero-order valence-corrected chi connectivity index (χ0v) is 19.2. The van der Waals surface area contributed by atoms with E-state index in [1.807, 2.05) is 13.0 Å². The van der Waals surface area contributed by atoms with Gasteiger partial charge in [0.05, 0.1) is 28.2 Å².